The van der Waals surface area contributed by atoms with Crippen molar-refractivity contribution >= 4 is 32.5 Å². The molecular formula is C18H16ClFN2O2S. The number of benzene rings is 2. The summed E-state index contributed by atoms with van der Waals surface area (Å²) in [7, 11) is -3.63. The van der Waals surface area contributed by atoms with Crippen LogP contribution in [0.1, 0.15) is 17.7 Å². The van der Waals surface area contributed by atoms with Gasteiger partial charge in [0.05, 0.1) is 4.90 Å². The van der Waals surface area contributed by atoms with Crippen molar-refractivity contribution in [1.29, 1.82) is 0 Å². The molecule has 1 unspecified atom stereocenters. The number of rotatable bonds is 3. The number of aromatic nitrogens is 1. The van der Waals surface area contributed by atoms with Crippen molar-refractivity contribution in [3.8, 4) is 0 Å². The molecule has 1 heterocycles. The van der Waals surface area contributed by atoms with Gasteiger partial charge in [-0.2, -0.15) is 0 Å². The zero-order valence-corrected chi connectivity index (χ0v) is 14.8. The van der Waals surface area contributed by atoms with E-state index in [9.17, 15) is 12.8 Å². The summed E-state index contributed by atoms with van der Waals surface area (Å²) >= 11 is 5.90. The fourth-order valence-electron chi connectivity index (χ4n) is 3.42. The Bertz CT molecular complexity index is 1060. The van der Waals surface area contributed by atoms with Crippen molar-refractivity contribution < 1.29 is 12.8 Å². The molecule has 130 valence electrons. The quantitative estimate of drug-likeness (QED) is 0.728. The third kappa shape index (κ3) is 3.17. The highest BCUT2D eigenvalue weighted by Gasteiger charge is 2.26. The Morgan fingerprint density at radius 2 is 2.04 bits per heavy atom. The molecule has 0 spiro atoms. The third-order valence-electron chi connectivity index (χ3n) is 4.58. The molecule has 4 nitrogen and oxygen atoms in total. The van der Waals surface area contributed by atoms with Gasteiger partial charge >= 0.3 is 0 Å². The third-order valence-corrected chi connectivity index (χ3v) is 6.33. The minimum absolute atomic E-state index is 0.159. The summed E-state index contributed by atoms with van der Waals surface area (Å²) in [5.74, 6) is -0.288. The first kappa shape index (κ1) is 16.6. The maximum atomic E-state index is 13.4. The number of hydrogen-bond acceptors (Lipinski definition) is 2. The molecule has 1 aliphatic rings. The second-order valence-electron chi connectivity index (χ2n) is 6.29. The number of sulfonamides is 1. The van der Waals surface area contributed by atoms with Crippen molar-refractivity contribution in [3.05, 3.63) is 64.6 Å². The van der Waals surface area contributed by atoms with Gasteiger partial charge in [-0.25, -0.2) is 17.5 Å². The smallest absolute Gasteiger partial charge is 0.240 e. The van der Waals surface area contributed by atoms with E-state index in [0.717, 1.165) is 22.2 Å². The van der Waals surface area contributed by atoms with Crippen LogP contribution < -0.4 is 4.72 Å². The maximum absolute atomic E-state index is 13.4. The molecular weight excluding hydrogens is 363 g/mol. The van der Waals surface area contributed by atoms with Gasteiger partial charge in [-0.1, -0.05) is 17.7 Å². The average molecular weight is 379 g/mol. The van der Waals surface area contributed by atoms with Gasteiger partial charge < -0.3 is 4.98 Å². The van der Waals surface area contributed by atoms with E-state index in [1.54, 1.807) is 18.2 Å². The largest absolute Gasteiger partial charge is 0.358 e. The highest BCUT2D eigenvalue weighted by molar-refractivity contribution is 7.89. The molecule has 2 N–H and O–H groups in total. The van der Waals surface area contributed by atoms with E-state index in [1.807, 2.05) is 0 Å². The van der Waals surface area contributed by atoms with Crippen molar-refractivity contribution in [3.63, 3.8) is 0 Å². The molecule has 4 rings (SSSR count). The van der Waals surface area contributed by atoms with E-state index in [2.05, 4.69) is 9.71 Å². The van der Waals surface area contributed by atoms with Crippen LogP contribution in [0.2, 0.25) is 5.02 Å². The van der Waals surface area contributed by atoms with Gasteiger partial charge in [-0.3, -0.25) is 0 Å². The van der Waals surface area contributed by atoms with Crippen LogP contribution >= 0.6 is 11.6 Å². The van der Waals surface area contributed by atoms with Crippen molar-refractivity contribution in [2.75, 3.05) is 0 Å². The second kappa shape index (κ2) is 6.12. The summed E-state index contributed by atoms with van der Waals surface area (Å²) in [5, 5.41) is 1.33. The molecule has 2 aromatic carbocycles. The first-order valence-corrected chi connectivity index (χ1v) is 9.85. The number of H-pyrrole nitrogens is 1. The molecule has 0 saturated carbocycles. The van der Waals surface area contributed by atoms with E-state index in [0.29, 0.717) is 24.3 Å². The van der Waals surface area contributed by atoms with Gasteiger partial charge in [0.15, 0.2) is 0 Å². The fourth-order valence-corrected chi connectivity index (χ4v) is 4.99. The van der Waals surface area contributed by atoms with Crippen molar-refractivity contribution in [1.82, 2.24) is 9.71 Å². The first-order valence-electron chi connectivity index (χ1n) is 7.99. The van der Waals surface area contributed by atoms with Gasteiger partial charge in [0.25, 0.3) is 0 Å². The molecule has 7 heteroatoms. The van der Waals surface area contributed by atoms with E-state index < -0.39 is 10.0 Å². The molecule has 25 heavy (non-hydrogen) atoms. The van der Waals surface area contributed by atoms with Crippen molar-refractivity contribution in [2.24, 2.45) is 0 Å². The summed E-state index contributed by atoms with van der Waals surface area (Å²) in [6.07, 6.45) is 1.97. The normalized spacial score (nSPS) is 17.6. The van der Waals surface area contributed by atoms with Gasteiger partial charge in [-0.05, 0) is 61.2 Å². The first-order chi connectivity index (χ1) is 11.9. The molecule has 0 fully saturated rings. The van der Waals surface area contributed by atoms with Crippen LogP contribution in [0.4, 0.5) is 4.39 Å². The Hall–Kier alpha value is -1.89. The summed E-state index contributed by atoms with van der Waals surface area (Å²) in [6, 6.07) is 10.6. The summed E-state index contributed by atoms with van der Waals surface area (Å²) in [6.45, 7) is 0. The zero-order chi connectivity index (χ0) is 17.6. The van der Waals surface area contributed by atoms with Gasteiger partial charge in [0.1, 0.15) is 5.82 Å². The number of hydrogen-bond donors (Lipinski definition) is 2. The Kier molecular flexibility index (Phi) is 4.06. The molecule has 0 amide bonds. The SMILES string of the molecule is O=S(=O)(NC1CCc2[nH]c3cc(F)ccc3c2C1)c1cccc(Cl)c1. The highest BCUT2D eigenvalue weighted by atomic mass is 35.5. The molecule has 0 saturated heterocycles. The van der Waals surface area contributed by atoms with E-state index in [-0.39, 0.29) is 16.8 Å². The minimum atomic E-state index is -3.63. The molecule has 1 atom stereocenters. The number of nitrogens with one attached hydrogen (secondary N) is 2. The average Bonchev–Trinajstić information content (AvgIpc) is 2.91. The number of aryl methyl sites for hydroxylation is 1. The molecule has 0 bridgehead atoms. The lowest BCUT2D eigenvalue weighted by Gasteiger charge is -2.23. The monoisotopic (exact) mass is 378 g/mol. The van der Waals surface area contributed by atoms with E-state index >= 15 is 0 Å². The van der Waals surface area contributed by atoms with Crippen LogP contribution in [0.15, 0.2) is 47.4 Å². The zero-order valence-electron chi connectivity index (χ0n) is 13.2. The Labute approximate surface area is 150 Å². The highest BCUT2D eigenvalue weighted by Crippen LogP contribution is 2.30. The lowest BCUT2D eigenvalue weighted by atomic mass is 9.92. The molecule has 1 aromatic heterocycles. The Morgan fingerprint density at radius 3 is 2.84 bits per heavy atom. The minimum Gasteiger partial charge on any atom is -0.358 e. The molecule has 1 aliphatic carbocycles. The molecule has 0 radical (unpaired) electrons. The summed E-state index contributed by atoms with van der Waals surface area (Å²) in [5.41, 5.74) is 2.86. The van der Waals surface area contributed by atoms with Crippen LogP contribution in [-0.4, -0.2) is 19.4 Å². The second-order valence-corrected chi connectivity index (χ2v) is 8.44. The van der Waals surface area contributed by atoms with Gasteiger partial charge in [-0.15, -0.1) is 0 Å². The van der Waals surface area contributed by atoms with Gasteiger partial charge in [0, 0.05) is 27.7 Å². The predicted octanol–water partition coefficient (Wildman–Crippen LogP) is 3.80. The van der Waals surface area contributed by atoms with E-state index in [1.165, 1.54) is 24.3 Å². The Balaban J connectivity index is 1.61. The maximum Gasteiger partial charge on any atom is 0.240 e. The predicted molar refractivity (Wildman–Crippen MR) is 95.8 cm³/mol. The van der Waals surface area contributed by atoms with Crippen LogP contribution in [0.3, 0.4) is 0 Å². The summed E-state index contributed by atoms with van der Waals surface area (Å²) < 4.78 is 41.3. The summed E-state index contributed by atoms with van der Waals surface area (Å²) in [4.78, 5) is 3.40. The molecule has 3 aromatic rings. The van der Waals surface area contributed by atoms with Crippen LogP contribution in [0.25, 0.3) is 10.9 Å². The van der Waals surface area contributed by atoms with Crippen molar-refractivity contribution in [2.45, 2.75) is 30.2 Å². The Morgan fingerprint density at radius 1 is 1.20 bits per heavy atom. The van der Waals surface area contributed by atoms with E-state index in [4.69, 9.17) is 11.6 Å². The van der Waals surface area contributed by atoms with Crippen LogP contribution in [0.5, 0.6) is 0 Å². The topological polar surface area (TPSA) is 62.0 Å². The fraction of sp³-hybridized carbons (Fsp3) is 0.222. The lowest BCUT2D eigenvalue weighted by molar-refractivity contribution is 0.506. The number of fused-ring (bicyclic) bond motifs is 3. The van der Waals surface area contributed by atoms with Crippen LogP contribution in [0, 0.1) is 5.82 Å². The standard InChI is InChI=1S/C18H16ClFN2O2S/c19-11-2-1-3-14(8-11)25(23,24)22-13-5-7-17-16(10-13)15-6-4-12(20)9-18(15)21-17/h1-4,6,8-9,13,21-22H,5,7,10H2. The van der Waals surface area contributed by atoms with Crippen LogP contribution in [-0.2, 0) is 22.9 Å². The number of aromatic amines is 1. The van der Waals surface area contributed by atoms with Gasteiger partial charge in [0.2, 0.25) is 10.0 Å². The lowest BCUT2D eigenvalue weighted by Crippen LogP contribution is -2.38. The number of halogens is 2. The molecule has 0 aliphatic heterocycles.